The van der Waals surface area contributed by atoms with Crippen molar-refractivity contribution in [1.82, 2.24) is 0 Å². The Labute approximate surface area is 112 Å². The molecule has 0 saturated heterocycles. The predicted octanol–water partition coefficient (Wildman–Crippen LogP) is 3.36. The summed E-state index contributed by atoms with van der Waals surface area (Å²) in [4.78, 5) is 0. The van der Waals surface area contributed by atoms with Gasteiger partial charge in [0.15, 0.2) is 6.29 Å². The molecule has 3 N–H and O–H groups in total. The highest BCUT2D eigenvalue weighted by Gasteiger charge is 1.97. The standard InChI is InChI=1S/C15H32O3/c16-14-12-10-8-6-4-2-1-3-5-7-9-11-13-15(17)18/h15-18H,1-14H2. The Morgan fingerprint density at radius 1 is 0.500 bits per heavy atom. The number of hydrogen-bond donors (Lipinski definition) is 3. The highest BCUT2D eigenvalue weighted by Crippen LogP contribution is 2.12. The molecule has 18 heavy (non-hydrogen) atoms. The van der Waals surface area contributed by atoms with Crippen molar-refractivity contribution >= 4 is 0 Å². The first-order valence-corrected chi connectivity index (χ1v) is 7.74. The molecule has 0 spiro atoms. The molecule has 0 heterocycles. The van der Waals surface area contributed by atoms with E-state index in [2.05, 4.69) is 0 Å². The predicted molar refractivity (Wildman–Crippen MR) is 75.3 cm³/mol. The SMILES string of the molecule is OCCCCCCCCCCCCCCC(O)O. The minimum Gasteiger partial charge on any atom is -0.396 e. The summed E-state index contributed by atoms with van der Waals surface area (Å²) in [6.07, 6.45) is 14.0. The van der Waals surface area contributed by atoms with Crippen LogP contribution in [0.2, 0.25) is 0 Å². The Bertz CT molecular complexity index is 149. The molecule has 0 atom stereocenters. The zero-order valence-electron chi connectivity index (χ0n) is 11.8. The molecule has 110 valence electrons. The second-order valence-corrected chi connectivity index (χ2v) is 5.24. The summed E-state index contributed by atoms with van der Waals surface area (Å²) in [7, 11) is 0. The molecule has 0 aliphatic carbocycles. The minimum atomic E-state index is -1.11. The van der Waals surface area contributed by atoms with Crippen LogP contribution in [0.5, 0.6) is 0 Å². The maximum absolute atomic E-state index is 8.67. The van der Waals surface area contributed by atoms with E-state index in [1.165, 1.54) is 57.8 Å². The Balaban J connectivity index is 2.90. The molecule has 0 aromatic rings. The fourth-order valence-corrected chi connectivity index (χ4v) is 2.21. The second-order valence-electron chi connectivity index (χ2n) is 5.24. The highest BCUT2D eigenvalue weighted by molar-refractivity contribution is 4.49. The Morgan fingerprint density at radius 3 is 1.17 bits per heavy atom. The molecule has 0 fully saturated rings. The first-order valence-electron chi connectivity index (χ1n) is 7.74. The summed E-state index contributed by atoms with van der Waals surface area (Å²) in [6, 6.07) is 0. The quantitative estimate of drug-likeness (QED) is 0.331. The van der Waals surface area contributed by atoms with E-state index < -0.39 is 6.29 Å². The van der Waals surface area contributed by atoms with Crippen LogP contribution in [0.1, 0.15) is 83.5 Å². The number of rotatable bonds is 14. The molecule has 0 saturated carbocycles. The van der Waals surface area contributed by atoms with E-state index in [0.717, 1.165) is 19.3 Å². The lowest BCUT2D eigenvalue weighted by Crippen LogP contribution is -2.02. The van der Waals surface area contributed by atoms with Crippen molar-refractivity contribution in [3.8, 4) is 0 Å². The van der Waals surface area contributed by atoms with E-state index in [9.17, 15) is 0 Å². The van der Waals surface area contributed by atoms with Gasteiger partial charge in [0.05, 0.1) is 0 Å². The lowest BCUT2D eigenvalue weighted by Gasteiger charge is -2.04. The van der Waals surface area contributed by atoms with E-state index in [4.69, 9.17) is 15.3 Å². The van der Waals surface area contributed by atoms with Gasteiger partial charge >= 0.3 is 0 Å². The van der Waals surface area contributed by atoms with Gasteiger partial charge in [0.25, 0.3) is 0 Å². The smallest absolute Gasteiger partial charge is 0.151 e. The van der Waals surface area contributed by atoms with Crippen LogP contribution in [0, 0.1) is 0 Å². The van der Waals surface area contributed by atoms with E-state index in [1.54, 1.807) is 0 Å². The van der Waals surface area contributed by atoms with Gasteiger partial charge in [0, 0.05) is 6.61 Å². The van der Waals surface area contributed by atoms with Crippen molar-refractivity contribution in [3.05, 3.63) is 0 Å². The van der Waals surface area contributed by atoms with Gasteiger partial charge in [-0.25, -0.2) is 0 Å². The summed E-state index contributed by atoms with van der Waals surface area (Å²) in [5.41, 5.74) is 0. The van der Waals surface area contributed by atoms with Gasteiger partial charge in [0.1, 0.15) is 0 Å². The summed E-state index contributed by atoms with van der Waals surface area (Å²) < 4.78 is 0. The molecule has 3 nitrogen and oxygen atoms in total. The summed E-state index contributed by atoms with van der Waals surface area (Å²) in [6.45, 7) is 0.341. The third-order valence-corrected chi connectivity index (χ3v) is 3.37. The second kappa shape index (κ2) is 14.9. The van der Waals surface area contributed by atoms with E-state index in [-0.39, 0.29) is 0 Å². The van der Waals surface area contributed by atoms with E-state index in [0.29, 0.717) is 13.0 Å². The van der Waals surface area contributed by atoms with Crippen molar-refractivity contribution in [3.63, 3.8) is 0 Å². The molecule has 0 radical (unpaired) electrons. The average molecular weight is 260 g/mol. The zero-order valence-corrected chi connectivity index (χ0v) is 11.8. The zero-order chi connectivity index (χ0) is 13.5. The number of aliphatic hydroxyl groups excluding tert-OH is 2. The summed E-state index contributed by atoms with van der Waals surface area (Å²) in [5, 5.41) is 26.0. The number of unbranched alkanes of at least 4 members (excludes halogenated alkanes) is 11. The highest BCUT2D eigenvalue weighted by atomic mass is 16.5. The van der Waals surface area contributed by atoms with Gasteiger partial charge in [-0.2, -0.15) is 0 Å². The van der Waals surface area contributed by atoms with Crippen molar-refractivity contribution < 1.29 is 15.3 Å². The van der Waals surface area contributed by atoms with Crippen molar-refractivity contribution in [2.24, 2.45) is 0 Å². The monoisotopic (exact) mass is 260 g/mol. The third-order valence-electron chi connectivity index (χ3n) is 3.37. The number of aliphatic hydroxyl groups is 3. The van der Waals surface area contributed by atoms with E-state index in [1.807, 2.05) is 0 Å². The molecular weight excluding hydrogens is 228 g/mol. The van der Waals surface area contributed by atoms with Crippen LogP contribution in [-0.2, 0) is 0 Å². The fraction of sp³-hybridized carbons (Fsp3) is 1.00. The molecule has 0 aliphatic rings. The topological polar surface area (TPSA) is 60.7 Å². The Kier molecular flexibility index (Phi) is 14.8. The van der Waals surface area contributed by atoms with Crippen LogP contribution in [0.15, 0.2) is 0 Å². The minimum absolute atomic E-state index is 0.341. The van der Waals surface area contributed by atoms with Crippen molar-refractivity contribution in [2.75, 3.05) is 6.61 Å². The molecule has 3 heteroatoms. The van der Waals surface area contributed by atoms with Crippen LogP contribution in [0.4, 0.5) is 0 Å². The molecule has 0 unspecified atom stereocenters. The van der Waals surface area contributed by atoms with Gasteiger partial charge in [-0.15, -0.1) is 0 Å². The van der Waals surface area contributed by atoms with Crippen molar-refractivity contribution in [1.29, 1.82) is 0 Å². The van der Waals surface area contributed by atoms with Crippen LogP contribution in [0.25, 0.3) is 0 Å². The van der Waals surface area contributed by atoms with Gasteiger partial charge in [-0.05, 0) is 19.3 Å². The maximum atomic E-state index is 8.67. The van der Waals surface area contributed by atoms with E-state index >= 15 is 0 Å². The molecule has 0 bridgehead atoms. The molecular formula is C15H32O3. The Hall–Kier alpha value is -0.120. The van der Waals surface area contributed by atoms with Gasteiger partial charge < -0.3 is 15.3 Å². The first kappa shape index (κ1) is 17.9. The van der Waals surface area contributed by atoms with Gasteiger partial charge in [0.2, 0.25) is 0 Å². The number of hydrogen-bond acceptors (Lipinski definition) is 3. The summed E-state index contributed by atoms with van der Waals surface area (Å²) in [5.74, 6) is 0. The molecule has 0 aromatic heterocycles. The third kappa shape index (κ3) is 15.9. The Morgan fingerprint density at radius 2 is 0.833 bits per heavy atom. The lowest BCUT2D eigenvalue weighted by molar-refractivity contribution is -0.0466. The van der Waals surface area contributed by atoms with Crippen molar-refractivity contribution in [2.45, 2.75) is 89.8 Å². The molecule has 0 aliphatic heterocycles. The van der Waals surface area contributed by atoms with Gasteiger partial charge in [-0.3, -0.25) is 0 Å². The van der Waals surface area contributed by atoms with Gasteiger partial charge in [-0.1, -0.05) is 64.2 Å². The lowest BCUT2D eigenvalue weighted by atomic mass is 10.0. The molecule has 0 aromatic carbocycles. The normalized spacial score (nSPS) is 11.3. The van der Waals surface area contributed by atoms with Crippen LogP contribution >= 0.6 is 0 Å². The maximum Gasteiger partial charge on any atom is 0.151 e. The molecule has 0 amide bonds. The summed E-state index contributed by atoms with van der Waals surface area (Å²) >= 11 is 0. The first-order chi connectivity index (χ1) is 8.77. The largest absolute Gasteiger partial charge is 0.396 e. The fourth-order valence-electron chi connectivity index (χ4n) is 2.21. The average Bonchev–Trinajstić information content (AvgIpc) is 2.34. The van der Waals surface area contributed by atoms with Crippen LogP contribution in [0.3, 0.4) is 0 Å². The van der Waals surface area contributed by atoms with Crippen LogP contribution in [-0.4, -0.2) is 28.2 Å². The van der Waals surface area contributed by atoms with Crippen LogP contribution < -0.4 is 0 Å². The molecule has 0 rings (SSSR count).